The zero-order valence-electron chi connectivity index (χ0n) is 9.49. The fourth-order valence-corrected chi connectivity index (χ4v) is 2.78. The third-order valence-corrected chi connectivity index (χ3v) is 3.82. The van der Waals surface area contributed by atoms with E-state index in [2.05, 4.69) is 0 Å². The molecule has 0 aliphatic carbocycles. The zero-order chi connectivity index (χ0) is 11.3. The normalized spacial score (nSPS) is 22.3. The average Bonchev–Trinajstić information content (AvgIpc) is 2.44. The molecular formula is C11H19NO2S. The molecule has 0 aromatic carbocycles. The summed E-state index contributed by atoms with van der Waals surface area (Å²) in [4.78, 5) is 25.5. The zero-order valence-corrected chi connectivity index (χ0v) is 10.3. The molecule has 0 aromatic heterocycles. The number of rotatable bonds is 3. The number of ketones is 1. The SMILES string of the molecule is CCN(CC)C(=O)C1CCSCCC1=O. The van der Waals surface area contributed by atoms with Gasteiger partial charge in [-0.3, -0.25) is 9.59 Å². The summed E-state index contributed by atoms with van der Waals surface area (Å²) in [6.07, 6.45) is 1.28. The van der Waals surface area contributed by atoms with Crippen LogP contribution in [0.1, 0.15) is 26.7 Å². The molecule has 0 N–H and O–H groups in total. The van der Waals surface area contributed by atoms with E-state index in [1.54, 1.807) is 16.7 Å². The number of thioether (sulfide) groups is 1. The van der Waals surface area contributed by atoms with Crippen molar-refractivity contribution < 1.29 is 9.59 Å². The second kappa shape index (κ2) is 6.16. The van der Waals surface area contributed by atoms with Gasteiger partial charge >= 0.3 is 0 Å². The van der Waals surface area contributed by atoms with E-state index < -0.39 is 0 Å². The van der Waals surface area contributed by atoms with Crippen LogP contribution in [0.15, 0.2) is 0 Å². The number of carbonyl (C=O) groups excluding carboxylic acids is 2. The molecule has 15 heavy (non-hydrogen) atoms. The minimum atomic E-state index is -0.361. The number of nitrogens with zero attached hydrogens (tertiary/aromatic N) is 1. The van der Waals surface area contributed by atoms with Gasteiger partial charge in [0, 0.05) is 25.3 Å². The Kier molecular flexibility index (Phi) is 5.15. The number of hydrogen-bond donors (Lipinski definition) is 0. The van der Waals surface area contributed by atoms with Crippen LogP contribution >= 0.6 is 11.8 Å². The van der Waals surface area contributed by atoms with E-state index in [0.717, 1.165) is 17.9 Å². The third-order valence-electron chi connectivity index (χ3n) is 2.81. The predicted octanol–water partition coefficient (Wildman–Crippen LogP) is 1.57. The molecule has 1 saturated heterocycles. The molecule has 1 atom stereocenters. The van der Waals surface area contributed by atoms with Crippen LogP contribution in [0.5, 0.6) is 0 Å². The summed E-state index contributed by atoms with van der Waals surface area (Å²) < 4.78 is 0. The molecule has 4 heteroatoms. The van der Waals surface area contributed by atoms with Crippen molar-refractivity contribution in [1.29, 1.82) is 0 Å². The van der Waals surface area contributed by atoms with Gasteiger partial charge in [0.15, 0.2) is 0 Å². The fraction of sp³-hybridized carbons (Fsp3) is 0.818. The van der Waals surface area contributed by atoms with Crippen molar-refractivity contribution >= 4 is 23.5 Å². The van der Waals surface area contributed by atoms with Crippen LogP contribution in [-0.2, 0) is 9.59 Å². The van der Waals surface area contributed by atoms with Crippen molar-refractivity contribution in [3.8, 4) is 0 Å². The van der Waals surface area contributed by atoms with Crippen molar-refractivity contribution in [2.45, 2.75) is 26.7 Å². The summed E-state index contributed by atoms with van der Waals surface area (Å²) in [6.45, 7) is 5.31. The van der Waals surface area contributed by atoms with Gasteiger partial charge in [-0.25, -0.2) is 0 Å². The smallest absolute Gasteiger partial charge is 0.233 e. The van der Waals surface area contributed by atoms with Crippen molar-refractivity contribution in [2.75, 3.05) is 24.6 Å². The Hall–Kier alpha value is -0.510. The fourth-order valence-electron chi connectivity index (χ4n) is 1.83. The number of amides is 1. The van der Waals surface area contributed by atoms with Gasteiger partial charge in [0.05, 0.1) is 5.92 Å². The van der Waals surface area contributed by atoms with Crippen LogP contribution in [0.2, 0.25) is 0 Å². The van der Waals surface area contributed by atoms with E-state index >= 15 is 0 Å². The summed E-state index contributed by atoms with van der Waals surface area (Å²) in [5, 5.41) is 0. The quantitative estimate of drug-likeness (QED) is 0.689. The summed E-state index contributed by atoms with van der Waals surface area (Å²) in [7, 11) is 0. The van der Waals surface area contributed by atoms with Gasteiger partial charge < -0.3 is 4.90 Å². The molecule has 1 aliphatic heterocycles. The van der Waals surface area contributed by atoms with E-state index in [4.69, 9.17) is 0 Å². The standard InChI is InChI=1S/C11H19NO2S/c1-3-12(4-2)11(14)9-5-7-15-8-6-10(9)13/h9H,3-8H2,1-2H3. The summed E-state index contributed by atoms with van der Waals surface area (Å²) in [5.41, 5.74) is 0. The number of Topliss-reactive ketones (excluding diaryl/α,β-unsaturated/α-hetero) is 1. The first-order chi connectivity index (χ1) is 7.20. The van der Waals surface area contributed by atoms with Gasteiger partial charge in [-0.2, -0.15) is 11.8 Å². The lowest BCUT2D eigenvalue weighted by Crippen LogP contribution is -2.39. The predicted molar refractivity (Wildman–Crippen MR) is 63.0 cm³/mol. The Labute approximate surface area is 95.6 Å². The van der Waals surface area contributed by atoms with Crippen molar-refractivity contribution in [3.05, 3.63) is 0 Å². The first-order valence-corrected chi connectivity index (χ1v) is 6.75. The van der Waals surface area contributed by atoms with E-state index in [9.17, 15) is 9.59 Å². The number of carbonyl (C=O) groups is 2. The second-order valence-corrected chi connectivity index (χ2v) is 4.91. The minimum absolute atomic E-state index is 0.0347. The van der Waals surface area contributed by atoms with Crippen molar-refractivity contribution in [3.63, 3.8) is 0 Å². The lowest BCUT2D eigenvalue weighted by Gasteiger charge is -2.23. The highest BCUT2D eigenvalue weighted by Crippen LogP contribution is 2.21. The van der Waals surface area contributed by atoms with E-state index in [-0.39, 0.29) is 17.6 Å². The van der Waals surface area contributed by atoms with Crippen LogP contribution in [-0.4, -0.2) is 41.2 Å². The maximum Gasteiger partial charge on any atom is 0.233 e. The summed E-state index contributed by atoms with van der Waals surface area (Å²) in [5.74, 6) is 1.62. The van der Waals surface area contributed by atoms with E-state index in [1.807, 2.05) is 13.8 Å². The Bertz CT molecular complexity index is 239. The summed E-state index contributed by atoms with van der Waals surface area (Å²) in [6, 6.07) is 0. The highest BCUT2D eigenvalue weighted by atomic mass is 32.2. The molecule has 1 fully saturated rings. The average molecular weight is 229 g/mol. The third kappa shape index (κ3) is 3.23. The highest BCUT2D eigenvalue weighted by Gasteiger charge is 2.30. The van der Waals surface area contributed by atoms with Gasteiger partial charge in [0.2, 0.25) is 5.91 Å². The van der Waals surface area contributed by atoms with Crippen LogP contribution in [0.3, 0.4) is 0 Å². The topological polar surface area (TPSA) is 37.4 Å². The lowest BCUT2D eigenvalue weighted by molar-refractivity contribution is -0.140. The Morgan fingerprint density at radius 2 is 2.07 bits per heavy atom. The van der Waals surface area contributed by atoms with Crippen molar-refractivity contribution in [2.24, 2.45) is 5.92 Å². The molecule has 1 heterocycles. The van der Waals surface area contributed by atoms with Crippen LogP contribution < -0.4 is 0 Å². The Morgan fingerprint density at radius 1 is 1.40 bits per heavy atom. The first kappa shape index (κ1) is 12.6. The molecule has 0 spiro atoms. The molecule has 86 valence electrons. The van der Waals surface area contributed by atoms with Gasteiger partial charge in [-0.1, -0.05) is 0 Å². The molecule has 1 aliphatic rings. The Balaban J connectivity index is 2.66. The molecule has 0 radical (unpaired) electrons. The Morgan fingerprint density at radius 3 is 2.67 bits per heavy atom. The second-order valence-electron chi connectivity index (χ2n) is 3.68. The largest absolute Gasteiger partial charge is 0.343 e. The molecular weight excluding hydrogens is 210 g/mol. The van der Waals surface area contributed by atoms with E-state index in [0.29, 0.717) is 19.5 Å². The molecule has 0 bridgehead atoms. The maximum atomic E-state index is 12.0. The first-order valence-electron chi connectivity index (χ1n) is 5.60. The van der Waals surface area contributed by atoms with Crippen LogP contribution in [0, 0.1) is 5.92 Å². The van der Waals surface area contributed by atoms with Gasteiger partial charge in [0.25, 0.3) is 0 Å². The molecule has 0 aromatic rings. The van der Waals surface area contributed by atoms with Crippen molar-refractivity contribution in [1.82, 2.24) is 4.90 Å². The lowest BCUT2D eigenvalue weighted by atomic mass is 9.97. The van der Waals surface area contributed by atoms with Crippen LogP contribution in [0.4, 0.5) is 0 Å². The van der Waals surface area contributed by atoms with E-state index in [1.165, 1.54) is 0 Å². The van der Waals surface area contributed by atoms with Gasteiger partial charge in [0.1, 0.15) is 5.78 Å². The summed E-state index contributed by atoms with van der Waals surface area (Å²) >= 11 is 1.78. The maximum absolute atomic E-state index is 12.0. The monoisotopic (exact) mass is 229 g/mol. The molecule has 1 amide bonds. The molecule has 3 nitrogen and oxygen atoms in total. The highest BCUT2D eigenvalue weighted by molar-refractivity contribution is 7.99. The van der Waals surface area contributed by atoms with Gasteiger partial charge in [-0.05, 0) is 26.0 Å². The molecule has 1 rings (SSSR count). The molecule has 1 unspecified atom stereocenters. The van der Waals surface area contributed by atoms with Crippen LogP contribution in [0.25, 0.3) is 0 Å². The minimum Gasteiger partial charge on any atom is -0.343 e. The van der Waals surface area contributed by atoms with Gasteiger partial charge in [-0.15, -0.1) is 0 Å². The number of hydrogen-bond acceptors (Lipinski definition) is 3. The molecule has 0 saturated carbocycles.